The Morgan fingerprint density at radius 1 is 1.08 bits per heavy atom. The van der Waals surface area contributed by atoms with E-state index in [0.717, 1.165) is 5.56 Å². The average Bonchev–Trinajstić information content (AvgIpc) is 3.18. The Bertz CT molecular complexity index is 1580. The lowest BCUT2D eigenvalue weighted by atomic mass is 9.95. The van der Waals surface area contributed by atoms with Crippen LogP contribution in [0.1, 0.15) is 44.9 Å². The average molecular weight is 537 g/mol. The molecule has 0 aliphatic carbocycles. The fourth-order valence-electron chi connectivity index (χ4n) is 4.16. The molecule has 3 aromatic rings. The van der Waals surface area contributed by atoms with Gasteiger partial charge in [-0.15, -0.1) is 0 Å². The van der Waals surface area contributed by atoms with Crippen LogP contribution in [0.2, 0.25) is 0 Å². The van der Waals surface area contributed by atoms with Gasteiger partial charge >= 0.3 is 11.9 Å². The minimum atomic E-state index is -0.825. The molecule has 1 aliphatic heterocycles. The molecule has 1 aliphatic rings. The van der Waals surface area contributed by atoms with E-state index in [0.29, 0.717) is 38.7 Å². The highest BCUT2D eigenvalue weighted by atomic mass is 32.1. The number of aromatic nitrogens is 1. The highest BCUT2D eigenvalue weighted by Gasteiger charge is 2.34. The smallest absolute Gasteiger partial charge is 0.338 e. The molecule has 2 aromatic carbocycles. The first kappa shape index (κ1) is 26.9. The van der Waals surface area contributed by atoms with Crippen LogP contribution in [0.4, 0.5) is 0 Å². The molecule has 0 bridgehead atoms. The molecule has 0 radical (unpaired) electrons. The van der Waals surface area contributed by atoms with Gasteiger partial charge in [0.05, 0.1) is 42.2 Å². The Balaban J connectivity index is 1.93. The van der Waals surface area contributed by atoms with E-state index in [2.05, 4.69) is 4.99 Å². The van der Waals surface area contributed by atoms with E-state index in [9.17, 15) is 14.4 Å². The fraction of sp³-hybridized carbons (Fsp3) is 0.286. The van der Waals surface area contributed by atoms with Crippen LogP contribution < -0.4 is 29.1 Å². The minimum absolute atomic E-state index is 0.166. The maximum Gasteiger partial charge on any atom is 0.338 e. The van der Waals surface area contributed by atoms with Crippen molar-refractivity contribution in [2.45, 2.75) is 33.7 Å². The van der Waals surface area contributed by atoms with Gasteiger partial charge in [-0.25, -0.2) is 9.79 Å². The van der Waals surface area contributed by atoms with Crippen molar-refractivity contribution in [3.63, 3.8) is 0 Å². The second-order valence-electron chi connectivity index (χ2n) is 8.31. The summed E-state index contributed by atoms with van der Waals surface area (Å²) < 4.78 is 23.5. The standard InChI is InChI=1S/C28H28N2O7S/c1-6-35-22-15-19(10-13-21(22)37-17(4)31)25-24(27(33)36-7-2)16(3)29-28-30(25)26(32)23(38-28)14-18-8-11-20(34-5)12-9-18/h8-15,25H,6-7H2,1-5H3/b23-14+/t25-/m1/s1. The van der Waals surface area contributed by atoms with Gasteiger partial charge in [0.1, 0.15) is 5.75 Å². The van der Waals surface area contributed by atoms with Gasteiger partial charge < -0.3 is 18.9 Å². The molecule has 1 aromatic heterocycles. The van der Waals surface area contributed by atoms with Crippen LogP contribution in [0.3, 0.4) is 0 Å². The zero-order chi connectivity index (χ0) is 27.4. The van der Waals surface area contributed by atoms with Crippen molar-refractivity contribution >= 4 is 29.4 Å². The number of esters is 2. The Morgan fingerprint density at radius 2 is 1.82 bits per heavy atom. The number of carbonyl (C=O) groups excluding carboxylic acids is 2. The quantitative estimate of drug-likeness (QED) is 0.322. The molecular weight excluding hydrogens is 508 g/mol. The first-order valence-corrected chi connectivity index (χ1v) is 12.9. The summed E-state index contributed by atoms with van der Waals surface area (Å²) >= 11 is 1.23. The molecule has 0 unspecified atom stereocenters. The van der Waals surface area contributed by atoms with Crippen LogP contribution in [-0.4, -0.2) is 36.8 Å². The lowest BCUT2D eigenvalue weighted by molar-refractivity contribution is -0.139. The van der Waals surface area contributed by atoms with Crippen molar-refractivity contribution in [1.82, 2.24) is 4.57 Å². The SMILES string of the molecule is CCOC(=O)C1=C(C)N=c2s/c(=C/c3ccc(OC)cc3)c(=O)n2[C@@H]1c1ccc(OC(C)=O)c(OCC)c1. The van der Waals surface area contributed by atoms with Crippen molar-refractivity contribution in [1.29, 1.82) is 0 Å². The van der Waals surface area contributed by atoms with Gasteiger partial charge in [0.25, 0.3) is 5.56 Å². The van der Waals surface area contributed by atoms with Gasteiger partial charge in [0.2, 0.25) is 0 Å². The van der Waals surface area contributed by atoms with Crippen molar-refractivity contribution in [2.24, 2.45) is 4.99 Å². The summed E-state index contributed by atoms with van der Waals surface area (Å²) in [6, 6.07) is 11.5. The normalized spacial score (nSPS) is 15.0. The number of benzene rings is 2. The first-order valence-electron chi connectivity index (χ1n) is 12.1. The number of rotatable bonds is 8. The minimum Gasteiger partial charge on any atom is -0.497 e. The summed E-state index contributed by atoms with van der Waals surface area (Å²) in [6.07, 6.45) is 1.78. The molecule has 0 N–H and O–H groups in total. The molecule has 0 amide bonds. The summed E-state index contributed by atoms with van der Waals surface area (Å²) in [5, 5.41) is 0. The van der Waals surface area contributed by atoms with E-state index in [1.165, 1.54) is 22.8 Å². The van der Waals surface area contributed by atoms with Gasteiger partial charge in [-0.3, -0.25) is 14.2 Å². The van der Waals surface area contributed by atoms with E-state index in [1.807, 2.05) is 24.3 Å². The molecule has 198 valence electrons. The number of ether oxygens (including phenoxy) is 4. The highest BCUT2D eigenvalue weighted by Crippen LogP contribution is 2.36. The number of hydrogen-bond acceptors (Lipinski definition) is 9. The molecule has 10 heteroatoms. The lowest BCUT2D eigenvalue weighted by Gasteiger charge is -2.25. The Kier molecular flexibility index (Phi) is 8.11. The van der Waals surface area contributed by atoms with Crippen molar-refractivity contribution in [2.75, 3.05) is 20.3 Å². The monoisotopic (exact) mass is 536 g/mol. The maximum atomic E-state index is 13.8. The molecule has 38 heavy (non-hydrogen) atoms. The van der Waals surface area contributed by atoms with E-state index in [-0.39, 0.29) is 23.5 Å². The van der Waals surface area contributed by atoms with Crippen LogP contribution in [0.15, 0.2) is 63.5 Å². The van der Waals surface area contributed by atoms with Crippen LogP contribution >= 0.6 is 11.3 Å². The maximum absolute atomic E-state index is 13.8. The molecule has 0 saturated carbocycles. The van der Waals surface area contributed by atoms with Gasteiger partial charge in [-0.05, 0) is 62.2 Å². The van der Waals surface area contributed by atoms with Crippen LogP contribution in [0.5, 0.6) is 17.2 Å². The number of carbonyl (C=O) groups is 2. The number of thiazole rings is 1. The van der Waals surface area contributed by atoms with E-state index < -0.39 is 18.0 Å². The summed E-state index contributed by atoms with van der Waals surface area (Å²) in [5.74, 6) is 0.214. The van der Waals surface area contributed by atoms with E-state index in [4.69, 9.17) is 18.9 Å². The summed E-state index contributed by atoms with van der Waals surface area (Å²) in [4.78, 5) is 43.5. The molecular formula is C28H28N2O7S. The van der Waals surface area contributed by atoms with Crippen molar-refractivity contribution in [3.8, 4) is 17.2 Å². The number of methoxy groups -OCH3 is 1. The van der Waals surface area contributed by atoms with Crippen LogP contribution in [0.25, 0.3) is 6.08 Å². The van der Waals surface area contributed by atoms with Crippen LogP contribution in [-0.2, 0) is 14.3 Å². The van der Waals surface area contributed by atoms with Crippen molar-refractivity contribution < 1.29 is 28.5 Å². The topological polar surface area (TPSA) is 105 Å². The molecule has 9 nitrogen and oxygen atoms in total. The van der Waals surface area contributed by atoms with E-state index >= 15 is 0 Å². The molecule has 0 fully saturated rings. The zero-order valence-corrected chi connectivity index (χ0v) is 22.6. The first-order chi connectivity index (χ1) is 18.3. The van der Waals surface area contributed by atoms with Crippen LogP contribution in [0, 0.1) is 0 Å². The second-order valence-corrected chi connectivity index (χ2v) is 9.32. The predicted molar refractivity (Wildman–Crippen MR) is 142 cm³/mol. The highest BCUT2D eigenvalue weighted by molar-refractivity contribution is 7.07. The predicted octanol–water partition coefficient (Wildman–Crippen LogP) is 3.13. The number of nitrogens with zero attached hydrogens (tertiary/aromatic N) is 2. The third kappa shape index (κ3) is 5.40. The molecule has 1 atom stereocenters. The zero-order valence-electron chi connectivity index (χ0n) is 21.8. The number of allylic oxidation sites excluding steroid dienone is 1. The second kappa shape index (κ2) is 11.5. The van der Waals surface area contributed by atoms with Gasteiger partial charge in [0.15, 0.2) is 16.3 Å². The van der Waals surface area contributed by atoms with Gasteiger partial charge in [0, 0.05) is 6.92 Å². The van der Waals surface area contributed by atoms with E-state index in [1.54, 1.807) is 52.2 Å². The summed E-state index contributed by atoms with van der Waals surface area (Å²) in [7, 11) is 1.59. The Labute approximate surface area is 223 Å². The molecule has 0 saturated heterocycles. The number of hydrogen-bond donors (Lipinski definition) is 0. The molecule has 2 heterocycles. The Hall–Kier alpha value is -4.18. The third-order valence-corrected chi connectivity index (χ3v) is 6.75. The molecule has 0 spiro atoms. The fourth-order valence-corrected chi connectivity index (χ4v) is 5.21. The van der Waals surface area contributed by atoms with Gasteiger partial charge in [-0.2, -0.15) is 0 Å². The van der Waals surface area contributed by atoms with Gasteiger partial charge in [-0.1, -0.05) is 29.5 Å². The summed E-state index contributed by atoms with van der Waals surface area (Å²) in [6.45, 7) is 7.03. The van der Waals surface area contributed by atoms with Crippen molar-refractivity contribution in [3.05, 3.63) is 84.5 Å². The largest absolute Gasteiger partial charge is 0.497 e. The lowest BCUT2D eigenvalue weighted by Crippen LogP contribution is -2.40. The molecule has 4 rings (SSSR count). The third-order valence-electron chi connectivity index (χ3n) is 5.77. The summed E-state index contributed by atoms with van der Waals surface area (Å²) in [5.41, 5.74) is 1.80. The number of fused-ring (bicyclic) bond motifs is 1. The Morgan fingerprint density at radius 3 is 2.45 bits per heavy atom.